The van der Waals surface area contributed by atoms with Crippen LogP contribution in [-0.4, -0.2) is 19.3 Å². The van der Waals surface area contributed by atoms with Crippen LogP contribution in [0.25, 0.3) is 0 Å². The number of nitrogens with zero attached hydrogens (tertiary/aromatic N) is 1. The number of rotatable bonds is 1. The van der Waals surface area contributed by atoms with Gasteiger partial charge in [0.25, 0.3) is 0 Å². The molecule has 1 heterocycles. The Labute approximate surface area is 92.9 Å². The van der Waals surface area contributed by atoms with Crippen LogP contribution in [0.4, 0.5) is 18.9 Å². The fourth-order valence-corrected chi connectivity index (χ4v) is 2.10. The third kappa shape index (κ3) is 2.49. The number of piperidine rings is 1. The fraction of sp³-hybridized carbons (Fsp3) is 0.500. The molecule has 1 aliphatic rings. The largest absolute Gasteiger partial charge is 0.391 e. The standard InChI is InChI=1S/C12H14F3N/c13-12(14,15)10-6-8-16(9-7-10)11-4-2-1-3-5-11/h1-5,10H,6-9H2. The molecule has 1 aliphatic heterocycles. The predicted octanol–water partition coefficient (Wildman–Crippen LogP) is 3.47. The Morgan fingerprint density at radius 2 is 1.56 bits per heavy atom. The van der Waals surface area contributed by atoms with Gasteiger partial charge in [0.1, 0.15) is 0 Å². The summed E-state index contributed by atoms with van der Waals surface area (Å²) in [5.74, 6) is -1.12. The minimum Gasteiger partial charge on any atom is -0.372 e. The summed E-state index contributed by atoms with van der Waals surface area (Å²) in [5, 5.41) is 0. The first-order valence-electron chi connectivity index (χ1n) is 5.44. The minimum absolute atomic E-state index is 0.207. The van der Waals surface area contributed by atoms with Crippen LogP contribution in [0.15, 0.2) is 30.3 Å². The molecule has 1 aromatic rings. The molecule has 0 atom stereocenters. The molecular formula is C12H14F3N. The van der Waals surface area contributed by atoms with Crippen LogP contribution in [0, 0.1) is 5.92 Å². The second-order valence-electron chi connectivity index (χ2n) is 4.14. The molecule has 0 saturated carbocycles. The minimum atomic E-state index is -4.03. The van der Waals surface area contributed by atoms with Crippen molar-refractivity contribution in [1.29, 1.82) is 0 Å². The maximum Gasteiger partial charge on any atom is 0.391 e. The van der Waals surface area contributed by atoms with Gasteiger partial charge in [-0.1, -0.05) is 18.2 Å². The number of hydrogen-bond acceptors (Lipinski definition) is 1. The highest BCUT2D eigenvalue weighted by atomic mass is 19.4. The van der Waals surface area contributed by atoms with E-state index in [1.165, 1.54) is 0 Å². The highest BCUT2D eigenvalue weighted by molar-refractivity contribution is 5.46. The number of alkyl halides is 3. The lowest BCUT2D eigenvalue weighted by molar-refractivity contribution is -0.179. The zero-order chi connectivity index (χ0) is 11.6. The molecule has 4 heteroatoms. The molecule has 1 aromatic carbocycles. The van der Waals surface area contributed by atoms with Gasteiger partial charge in [-0.25, -0.2) is 0 Å². The van der Waals surface area contributed by atoms with E-state index in [1.807, 2.05) is 35.2 Å². The fourth-order valence-electron chi connectivity index (χ4n) is 2.10. The first kappa shape index (κ1) is 11.3. The normalized spacial score (nSPS) is 18.8. The van der Waals surface area contributed by atoms with Crippen molar-refractivity contribution >= 4 is 5.69 Å². The Balaban J connectivity index is 1.96. The van der Waals surface area contributed by atoms with E-state index < -0.39 is 12.1 Å². The number of para-hydroxylation sites is 1. The molecule has 0 amide bonds. The molecule has 1 saturated heterocycles. The Kier molecular flexibility index (Phi) is 3.08. The Hall–Kier alpha value is -1.19. The number of halogens is 3. The van der Waals surface area contributed by atoms with Gasteiger partial charge in [-0.05, 0) is 25.0 Å². The summed E-state index contributed by atoms with van der Waals surface area (Å²) in [4.78, 5) is 2.02. The van der Waals surface area contributed by atoms with Gasteiger partial charge in [0.05, 0.1) is 5.92 Å². The zero-order valence-electron chi connectivity index (χ0n) is 8.87. The van der Waals surface area contributed by atoms with Crippen LogP contribution in [-0.2, 0) is 0 Å². The smallest absolute Gasteiger partial charge is 0.372 e. The van der Waals surface area contributed by atoms with Crippen LogP contribution < -0.4 is 4.90 Å². The maximum absolute atomic E-state index is 12.5. The van der Waals surface area contributed by atoms with Crippen LogP contribution in [0.3, 0.4) is 0 Å². The quantitative estimate of drug-likeness (QED) is 0.712. The van der Waals surface area contributed by atoms with Crippen molar-refractivity contribution in [3.05, 3.63) is 30.3 Å². The molecule has 2 rings (SSSR count). The van der Waals surface area contributed by atoms with Crippen LogP contribution in [0.1, 0.15) is 12.8 Å². The summed E-state index contributed by atoms with van der Waals surface area (Å²) in [5.41, 5.74) is 1.02. The van der Waals surface area contributed by atoms with Gasteiger partial charge in [0.15, 0.2) is 0 Å². The third-order valence-corrected chi connectivity index (χ3v) is 3.08. The molecule has 0 N–H and O–H groups in total. The van der Waals surface area contributed by atoms with Gasteiger partial charge in [-0.15, -0.1) is 0 Å². The Bertz CT molecular complexity index is 326. The monoisotopic (exact) mass is 229 g/mol. The van der Waals surface area contributed by atoms with Crippen molar-refractivity contribution in [3.8, 4) is 0 Å². The van der Waals surface area contributed by atoms with Crippen LogP contribution in [0.2, 0.25) is 0 Å². The van der Waals surface area contributed by atoms with Crippen molar-refractivity contribution in [3.63, 3.8) is 0 Å². The van der Waals surface area contributed by atoms with E-state index in [-0.39, 0.29) is 12.8 Å². The topological polar surface area (TPSA) is 3.24 Å². The summed E-state index contributed by atoms with van der Waals surface area (Å²) in [6, 6.07) is 9.60. The Morgan fingerprint density at radius 3 is 2.06 bits per heavy atom. The lowest BCUT2D eigenvalue weighted by atomic mass is 9.96. The van der Waals surface area contributed by atoms with E-state index in [0.717, 1.165) is 5.69 Å². The molecule has 0 aromatic heterocycles. The first-order valence-corrected chi connectivity index (χ1v) is 5.44. The number of anilines is 1. The van der Waals surface area contributed by atoms with E-state index in [1.54, 1.807) is 0 Å². The molecule has 88 valence electrons. The lowest BCUT2D eigenvalue weighted by Crippen LogP contribution is -2.38. The van der Waals surface area contributed by atoms with E-state index in [0.29, 0.717) is 13.1 Å². The van der Waals surface area contributed by atoms with E-state index in [2.05, 4.69) is 0 Å². The van der Waals surface area contributed by atoms with Crippen molar-refractivity contribution < 1.29 is 13.2 Å². The van der Waals surface area contributed by atoms with Gasteiger partial charge >= 0.3 is 6.18 Å². The summed E-state index contributed by atoms with van der Waals surface area (Å²) in [6.45, 7) is 0.988. The molecule has 0 aliphatic carbocycles. The molecule has 1 fully saturated rings. The van der Waals surface area contributed by atoms with Crippen LogP contribution >= 0.6 is 0 Å². The van der Waals surface area contributed by atoms with Crippen molar-refractivity contribution in [2.24, 2.45) is 5.92 Å². The molecule has 0 spiro atoms. The number of benzene rings is 1. The molecule has 0 bridgehead atoms. The molecular weight excluding hydrogens is 215 g/mol. The predicted molar refractivity (Wildman–Crippen MR) is 57.4 cm³/mol. The second-order valence-corrected chi connectivity index (χ2v) is 4.14. The summed E-state index contributed by atoms with van der Waals surface area (Å²) in [7, 11) is 0. The molecule has 1 nitrogen and oxygen atoms in total. The van der Waals surface area contributed by atoms with Gasteiger partial charge in [0, 0.05) is 18.8 Å². The molecule has 0 unspecified atom stereocenters. The van der Waals surface area contributed by atoms with E-state index >= 15 is 0 Å². The van der Waals surface area contributed by atoms with Gasteiger partial charge in [-0.2, -0.15) is 13.2 Å². The summed E-state index contributed by atoms with van der Waals surface area (Å²) < 4.78 is 37.4. The van der Waals surface area contributed by atoms with Gasteiger partial charge in [0.2, 0.25) is 0 Å². The molecule has 16 heavy (non-hydrogen) atoms. The highest BCUT2D eigenvalue weighted by Gasteiger charge is 2.40. The first-order chi connectivity index (χ1) is 7.57. The van der Waals surface area contributed by atoms with Gasteiger partial charge < -0.3 is 4.90 Å². The maximum atomic E-state index is 12.5. The Morgan fingerprint density at radius 1 is 1.00 bits per heavy atom. The summed E-state index contributed by atoms with van der Waals surface area (Å²) in [6.07, 6.45) is -3.61. The second kappa shape index (κ2) is 4.36. The zero-order valence-corrected chi connectivity index (χ0v) is 8.87. The van der Waals surface area contributed by atoms with Crippen molar-refractivity contribution in [1.82, 2.24) is 0 Å². The highest BCUT2D eigenvalue weighted by Crippen LogP contribution is 2.35. The van der Waals surface area contributed by atoms with Crippen molar-refractivity contribution in [2.75, 3.05) is 18.0 Å². The van der Waals surface area contributed by atoms with E-state index in [9.17, 15) is 13.2 Å². The van der Waals surface area contributed by atoms with Gasteiger partial charge in [-0.3, -0.25) is 0 Å². The lowest BCUT2D eigenvalue weighted by Gasteiger charge is -2.34. The molecule has 0 radical (unpaired) electrons. The number of hydrogen-bond donors (Lipinski definition) is 0. The van der Waals surface area contributed by atoms with Crippen LogP contribution in [0.5, 0.6) is 0 Å². The summed E-state index contributed by atoms with van der Waals surface area (Å²) >= 11 is 0. The van der Waals surface area contributed by atoms with E-state index in [4.69, 9.17) is 0 Å². The average molecular weight is 229 g/mol. The SMILES string of the molecule is FC(F)(F)C1CCN(c2ccccc2)CC1. The van der Waals surface area contributed by atoms with Crippen molar-refractivity contribution in [2.45, 2.75) is 19.0 Å². The average Bonchev–Trinajstić information content (AvgIpc) is 2.29. The third-order valence-electron chi connectivity index (χ3n) is 3.08.